The van der Waals surface area contributed by atoms with Crippen molar-refractivity contribution < 1.29 is 0 Å². The van der Waals surface area contributed by atoms with Crippen LogP contribution in [0.1, 0.15) is 23.0 Å². The van der Waals surface area contributed by atoms with Crippen LogP contribution in [0.3, 0.4) is 0 Å². The van der Waals surface area contributed by atoms with Crippen molar-refractivity contribution in [3.8, 4) is 0 Å². The fourth-order valence-electron chi connectivity index (χ4n) is 1.77. The highest BCUT2D eigenvalue weighted by molar-refractivity contribution is 6.67. The van der Waals surface area contributed by atoms with Crippen LogP contribution in [-0.4, -0.2) is 29.0 Å². The second-order valence-corrected chi connectivity index (χ2v) is 9.72. The molecule has 0 spiro atoms. The molecular weight excluding hydrogens is 449 g/mol. The number of hydrogen-bond donors (Lipinski definition) is 0. The molecule has 2 rings (SSSR count). The van der Waals surface area contributed by atoms with Gasteiger partial charge >= 0.3 is 0 Å². The summed E-state index contributed by atoms with van der Waals surface area (Å²) in [6.45, 7) is 0. The Bertz CT molecular complexity index is 731. The first-order valence-corrected chi connectivity index (χ1v) is 9.09. The molecule has 1 heterocycles. The summed E-state index contributed by atoms with van der Waals surface area (Å²) in [5.41, 5.74) is 2.01. The van der Waals surface area contributed by atoms with Gasteiger partial charge in [-0.25, -0.2) is 15.0 Å². The fraction of sp³-hybridized carbons (Fsp3) is 0.267. The molecule has 0 aliphatic carbocycles. The fourth-order valence-corrected chi connectivity index (χ4v) is 2.28. The summed E-state index contributed by atoms with van der Waals surface area (Å²) in [4.78, 5) is 14.1. The van der Waals surface area contributed by atoms with Crippen LogP contribution in [0.2, 0.25) is 0 Å². The van der Waals surface area contributed by atoms with Crippen LogP contribution in [-0.2, 0) is 7.59 Å². The van der Waals surface area contributed by atoms with Crippen LogP contribution in [0.5, 0.6) is 0 Å². The van der Waals surface area contributed by atoms with Crippen molar-refractivity contribution in [2.45, 2.75) is 7.59 Å². The normalized spacial score (nSPS) is 12.6. The molecule has 2 aromatic rings. The maximum atomic E-state index is 5.84. The third-order valence-corrected chi connectivity index (χ3v) is 4.01. The number of aromatic nitrogens is 3. The minimum atomic E-state index is -1.87. The van der Waals surface area contributed by atoms with Crippen LogP contribution in [0.4, 0.5) is 5.69 Å². The number of rotatable bonds is 3. The van der Waals surface area contributed by atoms with E-state index in [-0.39, 0.29) is 17.5 Å². The van der Waals surface area contributed by atoms with Gasteiger partial charge in [-0.1, -0.05) is 87.8 Å². The SMILES string of the molecule is CN(C)c1ccc(C=Cc2nc(C(Cl)(Cl)Cl)nc(C(Cl)(Cl)Cl)n2)cc1. The Balaban J connectivity index is 2.37. The van der Waals surface area contributed by atoms with Crippen molar-refractivity contribution >= 4 is 87.4 Å². The lowest BCUT2D eigenvalue weighted by Crippen LogP contribution is -2.16. The van der Waals surface area contributed by atoms with E-state index in [1.807, 2.05) is 43.3 Å². The lowest BCUT2D eigenvalue weighted by Gasteiger charge is -2.14. The lowest BCUT2D eigenvalue weighted by atomic mass is 10.2. The van der Waals surface area contributed by atoms with Crippen molar-refractivity contribution in [3.05, 3.63) is 47.3 Å². The van der Waals surface area contributed by atoms with Crippen LogP contribution in [0.15, 0.2) is 24.3 Å². The van der Waals surface area contributed by atoms with Crippen LogP contribution in [0, 0.1) is 0 Å². The van der Waals surface area contributed by atoms with Gasteiger partial charge in [-0.3, -0.25) is 0 Å². The van der Waals surface area contributed by atoms with Crippen LogP contribution >= 0.6 is 69.6 Å². The third-order valence-electron chi connectivity index (χ3n) is 2.99. The van der Waals surface area contributed by atoms with Crippen LogP contribution in [0.25, 0.3) is 12.2 Å². The smallest absolute Gasteiger partial charge is 0.250 e. The molecule has 0 fully saturated rings. The zero-order valence-corrected chi connectivity index (χ0v) is 17.6. The van der Waals surface area contributed by atoms with E-state index < -0.39 is 7.59 Å². The quantitative estimate of drug-likeness (QED) is 0.546. The van der Waals surface area contributed by atoms with Gasteiger partial charge in [-0.2, -0.15) is 0 Å². The van der Waals surface area contributed by atoms with Crippen molar-refractivity contribution in [1.29, 1.82) is 0 Å². The van der Waals surface area contributed by atoms with Gasteiger partial charge in [0, 0.05) is 19.8 Å². The third kappa shape index (κ3) is 6.02. The molecule has 1 aromatic carbocycles. The molecular formula is C15H12Cl6N4. The summed E-state index contributed by atoms with van der Waals surface area (Å²) >= 11 is 35.0. The number of hydrogen-bond acceptors (Lipinski definition) is 4. The average molecular weight is 461 g/mol. The van der Waals surface area contributed by atoms with E-state index in [4.69, 9.17) is 69.6 Å². The van der Waals surface area contributed by atoms with Crippen molar-refractivity contribution in [2.24, 2.45) is 0 Å². The van der Waals surface area contributed by atoms with Crippen molar-refractivity contribution in [1.82, 2.24) is 15.0 Å². The summed E-state index contributed by atoms with van der Waals surface area (Å²) in [5, 5.41) is 0. The maximum absolute atomic E-state index is 5.84. The molecule has 0 N–H and O–H groups in total. The Labute approximate surface area is 175 Å². The summed E-state index contributed by atoms with van der Waals surface area (Å²) in [7, 11) is 3.93. The van der Waals surface area contributed by atoms with E-state index in [0.717, 1.165) is 11.3 Å². The van der Waals surface area contributed by atoms with E-state index in [1.165, 1.54) is 0 Å². The Hall–Kier alpha value is -0.490. The topological polar surface area (TPSA) is 41.9 Å². The summed E-state index contributed by atoms with van der Waals surface area (Å²) < 4.78 is -3.74. The van der Waals surface area contributed by atoms with E-state index in [9.17, 15) is 0 Å². The van der Waals surface area contributed by atoms with E-state index in [2.05, 4.69) is 15.0 Å². The molecule has 1 aromatic heterocycles. The van der Waals surface area contributed by atoms with Gasteiger partial charge in [0.1, 0.15) is 0 Å². The van der Waals surface area contributed by atoms with E-state index in [0.29, 0.717) is 0 Å². The molecule has 0 radical (unpaired) electrons. The van der Waals surface area contributed by atoms with Crippen LogP contribution < -0.4 is 4.90 Å². The molecule has 0 atom stereocenters. The zero-order valence-electron chi connectivity index (χ0n) is 13.0. The predicted octanol–water partition coefficient (Wildman–Crippen LogP) is 5.76. The van der Waals surface area contributed by atoms with Gasteiger partial charge < -0.3 is 4.90 Å². The number of halogens is 6. The average Bonchev–Trinajstić information content (AvgIpc) is 2.51. The predicted molar refractivity (Wildman–Crippen MR) is 108 cm³/mol. The van der Waals surface area contributed by atoms with Gasteiger partial charge in [0.05, 0.1) is 0 Å². The van der Waals surface area contributed by atoms with E-state index in [1.54, 1.807) is 12.2 Å². The van der Waals surface area contributed by atoms with E-state index >= 15 is 0 Å². The Morgan fingerprint density at radius 2 is 1.24 bits per heavy atom. The van der Waals surface area contributed by atoms with Gasteiger partial charge in [0.25, 0.3) is 0 Å². The van der Waals surface area contributed by atoms with Gasteiger partial charge in [0.2, 0.25) is 7.59 Å². The standard InChI is InChI=1S/C15H12Cl6N4/c1-25(2)10-6-3-9(4-7-10)5-8-11-22-12(14(16,17)18)24-13(23-11)15(19,20)21/h3-8H,1-2H3. The summed E-state index contributed by atoms with van der Waals surface area (Å²) in [5.74, 6) is -0.0535. The molecule has 0 saturated heterocycles. The second kappa shape index (κ2) is 8.03. The second-order valence-electron chi connectivity index (χ2n) is 5.16. The minimum Gasteiger partial charge on any atom is -0.378 e. The number of alkyl halides is 6. The van der Waals surface area contributed by atoms with Gasteiger partial charge in [-0.05, 0) is 23.8 Å². The first-order chi connectivity index (χ1) is 11.5. The monoisotopic (exact) mass is 458 g/mol. The molecule has 0 bridgehead atoms. The number of benzene rings is 1. The molecule has 4 nitrogen and oxygen atoms in total. The Kier molecular flexibility index (Phi) is 6.69. The maximum Gasteiger partial charge on any atom is 0.250 e. The first-order valence-electron chi connectivity index (χ1n) is 6.83. The highest BCUT2D eigenvalue weighted by Gasteiger charge is 2.33. The minimum absolute atomic E-state index is 0.128. The number of anilines is 1. The van der Waals surface area contributed by atoms with Gasteiger partial charge in [0.15, 0.2) is 17.5 Å². The summed E-state index contributed by atoms with van der Waals surface area (Å²) in [6, 6.07) is 7.84. The molecule has 0 amide bonds. The highest BCUT2D eigenvalue weighted by Crippen LogP contribution is 2.39. The molecule has 10 heteroatoms. The Morgan fingerprint density at radius 3 is 1.64 bits per heavy atom. The molecule has 0 aliphatic rings. The molecule has 0 saturated carbocycles. The van der Waals surface area contributed by atoms with Crippen molar-refractivity contribution in [2.75, 3.05) is 19.0 Å². The lowest BCUT2D eigenvalue weighted by molar-refractivity contribution is 0.835. The number of nitrogens with zero attached hydrogens (tertiary/aromatic N) is 4. The van der Waals surface area contributed by atoms with Gasteiger partial charge in [-0.15, -0.1) is 0 Å². The summed E-state index contributed by atoms with van der Waals surface area (Å²) in [6.07, 6.45) is 3.41. The largest absolute Gasteiger partial charge is 0.378 e. The zero-order chi connectivity index (χ0) is 18.8. The molecule has 134 valence electrons. The molecule has 25 heavy (non-hydrogen) atoms. The highest BCUT2D eigenvalue weighted by atomic mass is 35.6. The van der Waals surface area contributed by atoms with Crippen molar-refractivity contribution in [3.63, 3.8) is 0 Å². The molecule has 0 unspecified atom stereocenters. The first kappa shape index (κ1) is 20.8. The Morgan fingerprint density at radius 1 is 0.760 bits per heavy atom. The molecule has 0 aliphatic heterocycles.